The normalized spacial score (nSPS) is 14.2. The molecule has 4 nitrogen and oxygen atoms in total. The van der Waals surface area contributed by atoms with Crippen LogP contribution in [-0.2, 0) is 6.61 Å². The maximum atomic E-state index is 12.5. The van der Waals surface area contributed by atoms with Gasteiger partial charge in [0.1, 0.15) is 18.1 Å². The number of fused-ring (bicyclic) bond motifs is 1. The number of allylic oxidation sites excluding steroid dienone is 1. The summed E-state index contributed by atoms with van der Waals surface area (Å²) in [4.78, 5) is 16.5. The molecular formula is C21H14ClNO3. The van der Waals surface area contributed by atoms with E-state index in [2.05, 4.69) is 4.98 Å². The Morgan fingerprint density at radius 2 is 1.96 bits per heavy atom. The van der Waals surface area contributed by atoms with E-state index in [0.29, 0.717) is 28.7 Å². The van der Waals surface area contributed by atoms with Crippen molar-refractivity contribution in [2.24, 2.45) is 0 Å². The Morgan fingerprint density at radius 1 is 1.12 bits per heavy atom. The Labute approximate surface area is 155 Å². The van der Waals surface area contributed by atoms with Crippen LogP contribution in [0.1, 0.15) is 21.5 Å². The van der Waals surface area contributed by atoms with E-state index in [-0.39, 0.29) is 11.5 Å². The van der Waals surface area contributed by atoms with Crippen molar-refractivity contribution >= 4 is 23.5 Å². The van der Waals surface area contributed by atoms with Crippen LogP contribution in [0.25, 0.3) is 6.08 Å². The lowest BCUT2D eigenvalue weighted by molar-refractivity contribution is 0.101. The lowest BCUT2D eigenvalue weighted by Crippen LogP contribution is -1.98. The molecule has 2 heterocycles. The van der Waals surface area contributed by atoms with E-state index in [1.54, 1.807) is 36.7 Å². The third-order valence-corrected chi connectivity index (χ3v) is 4.19. The van der Waals surface area contributed by atoms with E-state index in [1.165, 1.54) is 0 Å². The number of hydrogen-bond donors (Lipinski definition) is 0. The number of pyridine rings is 1. The van der Waals surface area contributed by atoms with E-state index in [9.17, 15) is 4.79 Å². The van der Waals surface area contributed by atoms with Gasteiger partial charge >= 0.3 is 0 Å². The molecule has 0 saturated carbocycles. The fourth-order valence-electron chi connectivity index (χ4n) is 2.62. The molecule has 0 atom stereocenters. The molecular weight excluding hydrogens is 350 g/mol. The molecule has 0 saturated heterocycles. The van der Waals surface area contributed by atoms with Crippen molar-refractivity contribution in [1.82, 2.24) is 4.98 Å². The largest absolute Gasteiger partial charge is 0.489 e. The number of halogens is 1. The van der Waals surface area contributed by atoms with Crippen LogP contribution in [-0.4, -0.2) is 10.8 Å². The van der Waals surface area contributed by atoms with Crippen molar-refractivity contribution < 1.29 is 14.3 Å². The molecule has 4 rings (SSSR count). The van der Waals surface area contributed by atoms with Gasteiger partial charge in [-0.25, -0.2) is 0 Å². The van der Waals surface area contributed by atoms with E-state index < -0.39 is 0 Å². The standard InChI is InChI=1S/C21H14ClNO3/c22-16-5-3-14(4-6-16)13-25-17-7-8-18-19(11-17)26-20(21(18)24)10-15-2-1-9-23-12-15/h1-12H,13H2. The second-order valence-corrected chi connectivity index (χ2v) is 6.24. The summed E-state index contributed by atoms with van der Waals surface area (Å²) in [5, 5.41) is 0.686. The van der Waals surface area contributed by atoms with Gasteiger partial charge in [0.15, 0.2) is 5.76 Å². The second kappa shape index (κ2) is 7.02. The SMILES string of the molecule is O=C1C(=Cc2cccnc2)Oc2cc(OCc3ccc(Cl)cc3)ccc21. The van der Waals surface area contributed by atoms with Crippen LogP contribution in [0, 0.1) is 0 Å². The molecule has 0 fully saturated rings. The molecule has 0 N–H and O–H groups in total. The summed E-state index contributed by atoms with van der Waals surface area (Å²) in [6.45, 7) is 0.405. The second-order valence-electron chi connectivity index (χ2n) is 5.80. The van der Waals surface area contributed by atoms with Gasteiger partial charge in [-0.3, -0.25) is 9.78 Å². The highest BCUT2D eigenvalue weighted by atomic mass is 35.5. The smallest absolute Gasteiger partial charge is 0.231 e. The average molecular weight is 364 g/mol. The maximum absolute atomic E-state index is 12.5. The highest BCUT2D eigenvalue weighted by Crippen LogP contribution is 2.35. The predicted octanol–water partition coefficient (Wildman–Crippen LogP) is 4.93. The first-order chi connectivity index (χ1) is 12.7. The van der Waals surface area contributed by atoms with Gasteiger partial charge < -0.3 is 9.47 Å². The van der Waals surface area contributed by atoms with E-state index in [0.717, 1.165) is 11.1 Å². The zero-order valence-electron chi connectivity index (χ0n) is 13.7. The van der Waals surface area contributed by atoms with Crippen molar-refractivity contribution in [3.8, 4) is 11.5 Å². The Morgan fingerprint density at radius 3 is 2.73 bits per heavy atom. The van der Waals surface area contributed by atoms with Crippen molar-refractivity contribution in [2.75, 3.05) is 0 Å². The number of ketones is 1. The summed E-state index contributed by atoms with van der Waals surface area (Å²) in [7, 11) is 0. The summed E-state index contributed by atoms with van der Waals surface area (Å²) in [5.41, 5.74) is 2.34. The van der Waals surface area contributed by atoms with Gasteiger partial charge in [-0.15, -0.1) is 0 Å². The fraction of sp³-hybridized carbons (Fsp3) is 0.0476. The number of nitrogens with zero attached hydrogens (tertiary/aromatic N) is 1. The van der Waals surface area contributed by atoms with Gasteiger partial charge in [-0.1, -0.05) is 29.8 Å². The predicted molar refractivity (Wildman–Crippen MR) is 99.4 cm³/mol. The molecule has 5 heteroatoms. The van der Waals surface area contributed by atoms with Crippen LogP contribution < -0.4 is 9.47 Å². The molecule has 1 aliphatic rings. The Balaban J connectivity index is 1.50. The number of hydrogen-bond acceptors (Lipinski definition) is 4. The van der Waals surface area contributed by atoms with Crippen LogP contribution >= 0.6 is 11.6 Å². The Kier molecular flexibility index (Phi) is 4.42. The molecule has 1 aliphatic heterocycles. The van der Waals surface area contributed by atoms with Crippen LogP contribution in [0.15, 0.2) is 72.8 Å². The van der Waals surface area contributed by atoms with Crippen LogP contribution in [0.2, 0.25) is 5.02 Å². The summed E-state index contributed by atoms with van der Waals surface area (Å²) < 4.78 is 11.5. The molecule has 3 aromatic rings. The summed E-state index contributed by atoms with van der Waals surface area (Å²) in [5.74, 6) is 1.27. The van der Waals surface area contributed by atoms with Crippen molar-refractivity contribution in [3.63, 3.8) is 0 Å². The Bertz CT molecular complexity index is 982. The number of carbonyl (C=O) groups excluding carboxylic acids is 1. The average Bonchev–Trinajstić information content (AvgIpc) is 2.97. The first-order valence-electron chi connectivity index (χ1n) is 8.04. The van der Waals surface area contributed by atoms with Gasteiger partial charge in [0.2, 0.25) is 5.78 Å². The fourth-order valence-corrected chi connectivity index (χ4v) is 2.74. The highest BCUT2D eigenvalue weighted by molar-refractivity contribution is 6.30. The molecule has 0 amide bonds. The molecule has 0 aliphatic carbocycles. The molecule has 0 radical (unpaired) electrons. The number of aromatic nitrogens is 1. The lowest BCUT2D eigenvalue weighted by atomic mass is 10.1. The highest BCUT2D eigenvalue weighted by Gasteiger charge is 2.27. The quantitative estimate of drug-likeness (QED) is 0.617. The van der Waals surface area contributed by atoms with Gasteiger partial charge in [0.05, 0.1) is 5.56 Å². The topological polar surface area (TPSA) is 48.4 Å². The molecule has 2 aromatic carbocycles. The monoisotopic (exact) mass is 363 g/mol. The number of rotatable bonds is 4. The molecule has 1 aromatic heterocycles. The van der Waals surface area contributed by atoms with Crippen molar-refractivity contribution in [1.29, 1.82) is 0 Å². The third-order valence-electron chi connectivity index (χ3n) is 3.94. The number of benzene rings is 2. The van der Waals surface area contributed by atoms with E-state index >= 15 is 0 Å². The number of ether oxygens (including phenoxy) is 2. The van der Waals surface area contributed by atoms with E-state index in [4.69, 9.17) is 21.1 Å². The van der Waals surface area contributed by atoms with E-state index in [1.807, 2.05) is 36.4 Å². The maximum Gasteiger partial charge on any atom is 0.231 e. The molecule has 26 heavy (non-hydrogen) atoms. The summed E-state index contributed by atoms with van der Waals surface area (Å²) in [6, 6.07) is 16.3. The minimum absolute atomic E-state index is 0.145. The van der Waals surface area contributed by atoms with Crippen molar-refractivity contribution in [2.45, 2.75) is 6.61 Å². The van der Waals surface area contributed by atoms with Gasteiger partial charge in [-0.2, -0.15) is 0 Å². The van der Waals surface area contributed by atoms with Crippen LogP contribution in [0.5, 0.6) is 11.5 Å². The van der Waals surface area contributed by atoms with Crippen molar-refractivity contribution in [3.05, 3.63) is 94.5 Å². The van der Waals surface area contributed by atoms with Gasteiger partial charge in [0, 0.05) is 23.5 Å². The number of Topliss-reactive ketones (excluding diaryl/α,β-unsaturated/α-hetero) is 1. The van der Waals surface area contributed by atoms with Gasteiger partial charge in [0.25, 0.3) is 0 Å². The molecule has 0 bridgehead atoms. The van der Waals surface area contributed by atoms with Crippen LogP contribution in [0.3, 0.4) is 0 Å². The molecule has 128 valence electrons. The minimum Gasteiger partial charge on any atom is -0.489 e. The zero-order valence-corrected chi connectivity index (χ0v) is 14.4. The first kappa shape index (κ1) is 16.4. The first-order valence-corrected chi connectivity index (χ1v) is 8.42. The summed E-state index contributed by atoms with van der Waals surface area (Å²) >= 11 is 5.88. The Hall–Kier alpha value is -3.11. The molecule has 0 spiro atoms. The molecule has 0 unspecified atom stereocenters. The zero-order chi connectivity index (χ0) is 17.9. The van der Waals surface area contributed by atoms with Crippen LogP contribution in [0.4, 0.5) is 0 Å². The number of carbonyl (C=O) groups is 1. The minimum atomic E-state index is -0.145. The lowest BCUT2D eigenvalue weighted by Gasteiger charge is -2.07. The van der Waals surface area contributed by atoms with Gasteiger partial charge in [-0.05, 0) is 47.5 Å². The third kappa shape index (κ3) is 3.46. The summed E-state index contributed by atoms with van der Waals surface area (Å²) in [6.07, 6.45) is 5.04.